The van der Waals surface area contributed by atoms with Crippen LogP contribution < -0.4 is 16.4 Å². The number of carbonyl (C=O) groups excluding carboxylic acids is 2. The molecule has 3 rings (SSSR count). The lowest BCUT2D eigenvalue weighted by atomic mass is 10.0. The number of fused-ring (bicyclic) bond motifs is 1. The molecule has 1 heterocycles. The predicted octanol–water partition coefficient (Wildman–Crippen LogP) is 3.03. The monoisotopic (exact) mass is 323 g/mol. The van der Waals surface area contributed by atoms with E-state index in [4.69, 9.17) is 5.73 Å². The molecule has 1 aliphatic heterocycles. The number of anilines is 3. The quantitative estimate of drug-likeness (QED) is 0.739. The highest BCUT2D eigenvalue weighted by Crippen LogP contribution is 2.24. The van der Waals surface area contributed by atoms with Crippen LogP contribution in [0.15, 0.2) is 36.4 Å². The van der Waals surface area contributed by atoms with Crippen LogP contribution in [-0.2, 0) is 22.4 Å². The van der Waals surface area contributed by atoms with Crippen LogP contribution >= 0.6 is 0 Å². The third-order valence-corrected chi connectivity index (χ3v) is 4.20. The van der Waals surface area contributed by atoms with Crippen molar-refractivity contribution in [3.8, 4) is 0 Å². The molecule has 5 heteroatoms. The van der Waals surface area contributed by atoms with Gasteiger partial charge < -0.3 is 16.4 Å². The second-order valence-electron chi connectivity index (χ2n) is 6.19. The van der Waals surface area contributed by atoms with E-state index in [0.29, 0.717) is 18.5 Å². The molecule has 0 unspecified atom stereocenters. The number of benzene rings is 2. The Balaban J connectivity index is 1.51. The second-order valence-corrected chi connectivity index (χ2v) is 6.19. The summed E-state index contributed by atoms with van der Waals surface area (Å²) in [6.45, 7) is 1.94. The van der Waals surface area contributed by atoms with E-state index in [1.165, 1.54) is 0 Å². The predicted molar refractivity (Wildman–Crippen MR) is 95.9 cm³/mol. The standard InChI is InChI=1S/C19H21N3O2/c1-12-5-7-15(20)11-17(12)22-18(23)4-2-3-13-6-8-16-14(9-13)10-19(24)21-16/h5-9,11H,2-4,10,20H2,1H3,(H,21,24)(H,22,23). The first-order valence-corrected chi connectivity index (χ1v) is 8.09. The minimum absolute atomic E-state index is 0.0123. The summed E-state index contributed by atoms with van der Waals surface area (Å²) in [5, 5.41) is 5.73. The molecule has 0 fully saturated rings. The molecule has 2 amide bonds. The van der Waals surface area contributed by atoms with Gasteiger partial charge in [0, 0.05) is 23.5 Å². The summed E-state index contributed by atoms with van der Waals surface area (Å²) < 4.78 is 0. The maximum absolute atomic E-state index is 12.1. The second kappa shape index (κ2) is 6.74. The lowest BCUT2D eigenvalue weighted by Crippen LogP contribution is -2.12. The molecule has 2 aromatic carbocycles. The van der Waals surface area contributed by atoms with Gasteiger partial charge in [-0.3, -0.25) is 9.59 Å². The summed E-state index contributed by atoms with van der Waals surface area (Å²) in [5.41, 5.74) is 11.2. The lowest BCUT2D eigenvalue weighted by molar-refractivity contribution is -0.116. The van der Waals surface area contributed by atoms with Crippen LogP contribution in [0.1, 0.15) is 29.5 Å². The van der Waals surface area contributed by atoms with E-state index < -0.39 is 0 Å². The number of rotatable bonds is 5. The number of nitrogens with one attached hydrogen (secondary N) is 2. The zero-order valence-corrected chi connectivity index (χ0v) is 13.7. The molecule has 0 atom stereocenters. The van der Waals surface area contributed by atoms with Gasteiger partial charge in [0.2, 0.25) is 11.8 Å². The van der Waals surface area contributed by atoms with Crippen molar-refractivity contribution in [2.24, 2.45) is 0 Å². The van der Waals surface area contributed by atoms with Crippen LogP contribution in [0.3, 0.4) is 0 Å². The molecule has 4 N–H and O–H groups in total. The van der Waals surface area contributed by atoms with Gasteiger partial charge in [0.25, 0.3) is 0 Å². The first-order chi connectivity index (χ1) is 11.5. The van der Waals surface area contributed by atoms with Crippen molar-refractivity contribution in [1.82, 2.24) is 0 Å². The molecule has 1 aliphatic rings. The fraction of sp³-hybridized carbons (Fsp3) is 0.263. The number of hydrogen-bond donors (Lipinski definition) is 3. The van der Waals surface area contributed by atoms with Gasteiger partial charge in [0.05, 0.1) is 6.42 Å². The molecular formula is C19H21N3O2. The zero-order valence-electron chi connectivity index (χ0n) is 13.7. The van der Waals surface area contributed by atoms with Crippen molar-refractivity contribution < 1.29 is 9.59 Å². The molecule has 0 bridgehead atoms. The Hall–Kier alpha value is -2.82. The van der Waals surface area contributed by atoms with E-state index >= 15 is 0 Å². The summed E-state index contributed by atoms with van der Waals surface area (Å²) in [5.74, 6) is 0.0285. The molecule has 0 radical (unpaired) electrons. The van der Waals surface area contributed by atoms with Gasteiger partial charge in [-0.05, 0) is 54.7 Å². The molecule has 0 saturated heterocycles. The van der Waals surface area contributed by atoms with Crippen molar-refractivity contribution >= 4 is 28.9 Å². The maximum atomic E-state index is 12.1. The molecule has 0 aliphatic carbocycles. The molecular weight excluding hydrogens is 302 g/mol. The molecule has 24 heavy (non-hydrogen) atoms. The van der Waals surface area contributed by atoms with Crippen LogP contribution in [0.4, 0.5) is 17.1 Å². The van der Waals surface area contributed by atoms with Crippen LogP contribution in [0.2, 0.25) is 0 Å². The summed E-state index contributed by atoms with van der Waals surface area (Å²) in [6.07, 6.45) is 2.46. The van der Waals surface area contributed by atoms with E-state index in [9.17, 15) is 9.59 Å². The summed E-state index contributed by atoms with van der Waals surface area (Å²) in [6, 6.07) is 11.5. The maximum Gasteiger partial charge on any atom is 0.228 e. The van der Waals surface area contributed by atoms with Gasteiger partial charge in [-0.25, -0.2) is 0 Å². The largest absolute Gasteiger partial charge is 0.399 e. The Morgan fingerprint density at radius 1 is 1.25 bits per heavy atom. The topological polar surface area (TPSA) is 84.2 Å². The van der Waals surface area contributed by atoms with Gasteiger partial charge in [0.15, 0.2) is 0 Å². The normalized spacial score (nSPS) is 12.6. The van der Waals surface area contributed by atoms with Crippen molar-refractivity contribution in [1.29, 1.82) is 0 Å². The molecule has 5 nitrogen and oxygen atoms in total. The Labute approximate surface area is 141 Å². The number of nitrogen functional groups attached to an aromatic ring is 1. The Morgan fingerprint density at radius 2 is 2.08 bits per heavy atom. The number of hydrogen-bond acceptors (Lipinski definition) is 3. The number of amides is 2. The Morgan fingerprint density at radius 3 is 2.92 bits per heavy atom. The SMILES string of the molecule is Cc1ccc(N)cc1NC(=O)CCCc1ccc2c(c1)CC(=O)N2. The van der Waals surface area contributed by atoms with Crippen LogP contribution in [-0.4, -0.2) is 11.8 Å². The average molecular weight is 323 g/mol. The summed E-state index contributed by atoms with van der Waals surface area (Å²) in [7, 11) is 0. The van der Waals surface area contributed by atoms with Crippen LogP contribution in [0, 0.1) is 6.92 Å². The minimum Gasteiger partial charge on any atom is -0.399 e. The molecule has 2 aromatic rings. The van der Waals surface area contributed by atoms with Gasteiger partial charge in [-0.1, -0.05) is 18.2 Å². The van der Waals surface area contributed by atoms with E-state index in [1.807, 2.05) is 37.3 Å². The van der Waals surface area contributed by atoms with Crippen molar-refractivity contribution in [3.05, 3.63) is 53.1 Å². The van der Waals surface area contributed by atoms with Crippen molar-refractivity contribution in [3.63, 3.8) is 0 Å². The van der Waals surface area contributed by atoms with Gasteiger partial charge >= 0.3 is 0 Å². The Bertz CT molecular complexity index is 799. The minimum atomic E-state index is -0.0123. The molecule has 0 saturated carbocycles. The number of nitrogens with two attached hydrogens (primary N) is 1. The fourth-order valence-electron chi connectivity index (χ4n) is 2.88. The van der Waals surface area contributed by atoms with E-state index in [-0.39, 0.29) is 11.8 Å². The molecule has 124 valence electrons. The fourth-order valence-corrected chi connectivity index (χ4v) is 2.88. The van der Waals surface area contributed by atoms with Crippen LogP contribution in [0.5, 0.6) is 0 Å². The smallest absolute Gasteiger partial charge is 0.228 e. The van der Waals surface area contributed by atoms with Crippen molar-refractivity contribution in [2.75, 3.05) is 16.4 Å². The highest BCUT2D eigenvalue weighted by molar-refractivity contribution is 5.99. The third-order valence-electron chi connectivity index (χ3n) is 4.20. The average Bonchev–Trinajstić information content (AvgIpc) is 2.90. The van der Waals surface area contributed by atoms with Gasteiger partial charge in [-0.2, -0.15) is 0 Å². The Kier molecular flexibility index (Phi) is 4.51. The van der Waals surface area contributed by atoms with E-state index in [0.717, 1.165) is 40.9 Å². The number of aryl methyl sites for hydroxylation is 2. The first kappa shape index (κ1) is 16.1. The van der Waals surface area contributed by atoms with Gasteiger partial charge in [-0.15, -0.1) is 0 Å². The summed E-state index contributed by atoms with van der Waals surface area (Å²) >= 11 is 0. The highest BCUT2D eigenvalue weighted by Gasteiger charge is 2.17. The zero-order chi connectivity index (χ0) is 17.1. The van der Waals surface area contributed by atoms with Gasteiger partial charge in [0.1, 0.15) is 0 Å². The van der Waals surface area contributed by atoms with E-state index in [1.54, 1.807) is 6.07 Å². The molecule has 0 aromatic heterocycles. The summed E-state index contributed by atoms with van der Waals surface area (Å²) in [4.78, 5) is 23.5. The van der Waals surface area contributed by atoms with Crippen LogP contribution in [0.25, 0.3) is 0 Å². The first-order valence-electron chi connectivity index (χ1n) is 8.09. The number of carbonyl (C=O) groups is 2. The third kappa shape index (κ3) is 3.74. The van der Waals surface area contributed by atoms with Crippen molar-refractivity contribution in [2.45, 2.75) is 32.6 Å². The van der Waals surface area contributed by atoms with E-state index in [2.05, 4.69) is 10.6 Å². The highest BCUT2D eigenvalue weighted by atomic mass is 16.2. The molecule has 0 spiro atoms. The lowest BCUT2D eigenvalue weighted by Gasteiger charge is -2.09.